The number of hydrogen-bond acceptors (Lipinski definition) is 3. The number of fused-ring (bicyclic) bond motifs is 9. The molecule has 0 spiro atoms. The molecule has 63 heavy (non-hydrogen) atoms. The van der Waals surface area contributed by atoms with E-state index in [-0.39, 0.29) is 10.8 Å². The third-order valence-corrected chi connectivity index (χ3v) is 13.6. The van der Waals surface area contributed by atoms with E-state index in [4.69, 9.17) is 12.0 Å². The molecule has 4 aromatic rings. The molecule has 4 nitrogen and oxygen atoms in total. The van der Waals surface area contributed by atoms with E-state index in [1.807, 2.05) is 48.6 Å². The summed E-state index contributed by atoms with van der Waals surface area (Å²) in [5.41, 5.74) is 17.7. The molecule has 0 saturated carbocycles. The maximum atomic E-state index is 8.31. The average molecular weight is 823 g/mol. The molecule has 2 heterocycles. The number of nitrogens with one attached hydrogen (secondary N) is 1. The molecule has 1 aromatic heterocycles. The predicted octanol–water partition coefficient (Wildman–Crippen LogP) is 15.4. The number of anilines is 1. The first kappa shape index (κ1) is 41.6. The zero-order chi connectivity index (χ0) is 43.9. The van der Waals surface area contributed by atoms with E-state index in [0.717, 1.165) is 42.5 Å². The highest BCUT2D eigenvalue weighted by Gasteiger charge is 2.45. The van der Waals surface area contributed by atoms with Gasteiger partial charge < -0.3 is 14.9 Å². The quantitative estimate of drug-likeness (QED) is 0.193. The molecule has 5 aliphatic carbocycles. The molecule has 1 aliphatic heterocycles. The largest absolute Gasteiger partial charge is 0.316 e. The second-order valence-electron chi connectivity index (χ2n) is 18.3. The number of hydrogen-bond donors (Lipinski definition) is 1. The fourth-order valence-corrected chi connectivity index (χ4v) is 10.3. The van der Waals surface area contributed by atoms with E-state index in [1.54, 1.807) is 0 Å². The van der Waals surface area contributed by atoms with Crippen molar-refractivity contribution in [2.75, 3.05) is 4.90 Å². The van der Waals surface area contributed by atoms with Gasteiger partial charge in [0.1, 0.15) is 0 Å². The van der Waals surface area contributed by atoms with Crippen molar-refractivity contribution in [3.05, 3.63) is 215 Å². The number of allylic oxidation sites excluding steroid dienone is 19. The van der Waals surface area contributed by atoms with Crippen LogP contribution in [-0.2, 0) is 5.41 Å². The number of rotatable bonds is 6. The molecule has 4 heteroatoms. The highest BCUT2D eigenvalue weighted by Crippen LogP contribution is 2.60. The molecular formula is C59H58N4. The summed E-state index contributed by atoms with van der Waals surface area (Å²) in [5, 5.41) is 9.71. The van der Waals surface area contributed by atoms with Crippen molar-refractivity contribution in [2.24, 2.45) is 16.3 Å². The Bertz CT molecular complexity index is 2890. The molecule has 1 N–H and O–H groups in total. The van der Waals surface area contributed by atoms with Crippen LogP contribution in [0.3, 0.4) is 0 Å². The van der Waals surface area contributed by atoms with Gasteiger partial charge in [0.15, 0.2) is 0 Å². The van der Waals surface area contributed by atoms with Gasteiger partial charge in [0, 0.05) is 67.8 Å². The van der Waals surface area contributed by atoms with Crippen molar-refractivity contribution >= 4 is 51.9 Å². The first-order chi connectivity index (χ1) is 30.5. The molecule has 10 rings (SSSR count). The summed E-state index contributed by atoms with van der Waals surface area (Å²) < 4.78 is 2.59. The highest BCUT2D eigenvalue weighted by molar-refractivity contribution is 6.14. The highest BCUT2D eigenvalue weighted by atomic mass is 15.1. The fourth-order valence-electron chi connectivity index (χ4n) is 10.3. The molecule has 0 amide bonds. The lowest BCUT2D eigenvalue weighted by Crippen LogP contribution is -2.25. The van der Waals surface area contributed by atoms with Crippen molar-refractivity contribution < 1.29 is 0 Å². The van der Waals surface area contributed by atoms with E-state index in [1.165, 1.54) is 67.1 Å². The molecular weight excluding hydrogens is 765 g/mol. The minimum absolute atomic E-state index is 0.168. The third kappa shape index (κ3) is 7.32. The number of aromatic nitrogens is 1. The van der Waals surface area contributed by atoms with Crippen LogP contribution in [0.5, 0.6) is 0 Å². The first-order valence-electron chi connectivity index (χ1n) is 22.5. The molecule has 0 fully saturated rings. The van der Waals surface area contributed by atoms with Crippen LogP contribution >= 0.6 is 0 Å². The van der Waals surface area contributed by atoms with Gasteiger partial charge in [-0.2, -0.15) is 0 Å². The summed E-state index contributed by atoms with van der Waals surface area (Å²) >= 11 is 0. The van der Waals surface area contributed by atoms with Crippen molar-refractivity contribution in [1.29, 1.82) is 5.41 Å². The summed E-state index contributed by atoms with van der Waals surface area (Å²) in [4.78, 5) is 6.50. The first-order valence-corrected chi connectivity index (χ1v) is 22.5. The van der Waals surface area contributed by atoms with E-state index in [9.17, 15) is 0 Å². The van der Waals surface area contributed by atoms with Gasteiger partial charge >= 0.3 is 0 Å². The van der Waals surface area contributed by atoms with E-state index in [0.29, 0.717) is 17.5 Å². The van der Waals surface area contributed by atoms with Crippen LogP contribution in [-0.4, -0.2) is 17.0 Å². The summed E-state index contributed by atoms with van der Waals surface area (Å²) in [6, 6.07) is 20.8. The normalized spacial score (nSPS) is 23.7. The summed E-state index contributed by atoms with van der Waals surface area (Å²) in [5.74, 6) is 0.784. The average Bonchev–Trinajstić information content (AvgIpc) is 3.65. The Hall–Kier alpha value is -6.78. The molecule has 3 atom stereocenters. The van der Waals surface area contributed by atoms with Crippen LogP contribution in [0.1, 0.15) is 99.7 Å². The van der Waals surface area contributed by atoms with Crippen LogP contribution in [0.2, 0.25) is 0 Å². The standard InChI is InChI=1S/C42H40N2.C17H18N2/c1-27-15-13-20-30(25-24-27)43-26-12-11-16-28(2)35-40-37(36-32-21-9-10-23-34(32)42(4,5)38(36)41(35)43)33-22-14-17-29(3)39(33)44(40)31-18-7-6-8-19-31;1-17(11-7-4-8-12-17)16(18)13-15(19-2)14-9-5-3-6-10-14/h6-8,10-16,18-20,22-27,29H,2,9,17,21H2,1,3-5H3;3-11,13,18H,2,12H2,1H3/b16-11-,26-12-;15-13-,18-16?. The maximum absolute atomic E-state index is 8.31. The Labute approximate surface area is 374 Å². The zero-order valence-electron chi connectivity index (χ0n) is 37.4. The predicted molar refractivity (Wildman–Crippen MR) is 272 cm³/mol. The summed E-state index contributed by atoms with van der Waals surface area (Å²) in [7, 11) is 0. The molecule has 3 aromatic carbocycles. The Morgan fingerprint density at radius 2 is 1.62 bits per heavy atom. The van der Waals surface area contributed by atoms with Crippen LogP contribution in [0, 0.1) is 16.7 Å². The molecule has 3 unspecified atom stereocenters. The van der Waals surface area contributed by atoms with Crippen molar-refractivity contribution in [2.45, 2.75) is 71.6 Å². The smallest absolute Gasteiger partial charge is 0.0712 e. The van der Waals surface area contributed by atoms with E-state index in [2.05, 4.69) is 177 Å². The number of para-hydroxylation sites is 1. The van der Waals surface area contributed by atoms with Gasteiger partial charge in [-0.25, -0.2) is 0 Å². The molecule has 314 valence electrons. The topological polar surface area (TPSA) is 44.4 Å². The van der Waals surface area contributed by atoms with Crippen LogP contribution in [0.4, 0.5) is 5.69 Å². The van der Waals surface area contributed by atoms with Crippen LogP contribution in [0.15, 0.2) is 187 Å². The lowest BCUT2D eigenvalue weighted by molar-refractivity contribution is 0.601. The minimum Gasteiger partial charge on any atom is -0.316 e. The minimum atomic E-state index is -0.251. The maximum Gasteiger partial charge on any atom is 0.0712 e. The number of nitrogens with zero attached hydrogens (tertiary/aromatic N) is 3. The molecule has 0 bridgehead atoms. The van der Waals surface area contributed by atoms with Crippen molar-refractivity contribution in [1.82, 2.24) is 4.57 Å². The lowest BCUT2D eigenvalue weighted by atomic mass is 9.77. The van der Waals surface area contributed by atoms with Crippen molar-refractivity contribution in [3.63, 3.8) is 0 Å². The fraction of sp³-hybridized carbons (Fsp3) is 0.220. The second-order valence-corrected chi connectivity index (χ2v) is 18.3. The van der Waals surface area contributed by atoms with Gasteiger partial charge in [-0.1, -0.05) is 169 Å². The van der Waals surface area contributed by atoms with Gasteiger partial charge in [0.25, 0.3) is 0 Å². The number of benzene rings is 3. The lowest BCUT2D eigenvalue weighted by Gasteiger charge is -2.34. The van der Waals surface area contributed by atoms with Crippen molar-refractivity contribution in [3.8, 4) is 5.69 Å². The molecule has 6 aliphatic rings. The monoisotopic (exact) mass is 822 g/mol. The van der Waals surface area contributed by atoms with Gasteiger partial charge in [-0.15, -0.1) is 0 Å². The van der Waals surface area contributed by atoms with Crippen LogP contribution in [0.25, 0.3) is 39.5 Å². The third-order valence-electron chi connectivity index (χ3n) is 13.6. The van der Waals surface area contributed by atoms with E-state index < -0.39 is 0 Å². The van der Waals surface area contributed by atoms with Gasteiger partial charge in [0.05, 0.1) is 16.9 Å². The van der Waals surface area contributed by atoms with Crippen LogP contribution < -0.4 is 4.90 Å². The Balaban J connectivity index is 0.000000223. The molecule has 0 saturated heterocycles. The second kappa shape index (κ2) is 16.8. The SMILES string of the molecule is C=C1/C=C\C=C/N(C2=CC=CC(C)C=C2)c2c3c(c4c5c(n(-c6ccccc6)c4c21)C(C)CC=C5)C1=C(C=CCC1)C3(C)C.C=N/C(=C\C(=N)C1(C)C=CC=CC1)c1ccccc1. The Kier molecular flexibility index (Phi) is 11.1. The molecule has 0 radical (unpaired) electrons. The summed E-state index contributed by atoms with van der Waals surface area (Å²) in [6.07, 6.45) is 43.7. The Morgan fingerprint density at radius 3 is 2.37 bits per heavy atom. The van der Waals surface area contributed by atoms with Gasteiger partial charge in [-0.3, -0.25) is 4.99 Å². The Morgan fingerprint density at radius 1 is 0.841 bits per heavy atom. The summed E-state index contributed by atoms with van der Waals surface area (Å²) in [6.45, 7) is 20.0. The number of aliphatic imine (C=N–C) groups is 1. The van der Waals surface area contributed by atoms with Gasteiger partial charge in [0.2, 0.25) is 0 Å². The van der Waals surface area contributed by atoms with Gasteiger partial charge in [-0.05, 0) is 103 Å². The van der Waals surface area contributed by atoms with E-state index >= 15 is 0 Å². The zero-order valence-corrected chi connectivity index (χ0v) is 37.4.